The van der Waals surface area contributed by atoms with E-state index in [-0.39, 0.29) is 0 Å². The highest BCUT2D eigenvalue weighted by Gasteiger charge is 2.41. The lowest BCUT2D eigenvalue weighted by molar-refractivity contribution is 0.0975. The molecule has 2 aliphatic heterocycles. The van der Waals surface area contributed by atoms with Gasteiger partial charge in [-0.25, -0.2) is 15.0 Å². The highest BCUT2D eigenvalue weighted by molar-refractivity contribution is 7.99. The van der Waals surface area contributed by atoms with E-state index in [1.807, 2.05) is 18.5 Å². The molecule has 5 nitrogen and oxygen atoms in total. The van der Waals surface area contributed by atoms with Crippen LogP contribution in [-0.4, -0.2) is 47.0 Å². The van der Waals surface area contributed by atoms with Gasteiger partial charge in [0.05, 0.1) is 23.9 Å². The van der Waals surface area contributed by atoms with Crippen molar-refractivity contribution in [2.45, 2.75) is 47.2 Å². The molecule has 1 spiro atoms. The lowest BCUT2D eigenvalue weighted by Gasteiger charge is -2.39. The molecule has 0 radical (unpaired) electrons. The van der Waals surface area contributed by atoms with Gasteiger partial charge in [0.25, 0.3) is 0 Å². The SMILES string of the molecule is CSc1nc(Sc2ccnc(Cl)c2Cl)cnc1N1CCC2(CC1)CO[C@@H](C)C2. The molecule has 9 heteroatoms. The quantitative estimate of drug-likeness (QED) is 0.447. The van der Waals surface area contributed by atoms with E-state index in [0.717, 1.165) is 53.3 Å². The molecule has 150 valence electrons. The standard InChI is InChI=1S/C19H22Cl2N4OS2/c1-12-9-19(11-26-12)4-7-25(8-5-19)17-18(27-2)24-14(10-23-17)28-13-3-6-22-16(21)15(13)20/h3,6,10,12H,4-5,7-9,11H2,1-2H3/t12-/m0/s1. The van der Waals surface area contributed by atoms with Crippen LogP contribution in [0.15, 0.2) is 33.4 Å². The molecule has 1 atom stereocenters. The van der Waals surface area contributed by atoms with Crippen molar-refractivity contribution in [2.24, 2.45) is 5.41 Å². The van der Waals surface area contributed by atoms with E-state index in [9.17, 15) is 0 Å². The van der Waals surface area contributed by atoms with E-state index in [2.05, 4.69) is 16.8 Å². The Balaban J connectivity index is 1.49. The molecule has 2 aromatic rings. The highest BCUT2D eigenvalue weighted by atomic mass is 35.5. The number of thioether (sulfide) groups is 1. The first-order valence-electron chi connectivity index (χ1n) is 9.25. The summed E-state index contributed by atoms with van der Waals surface area (Å²) in [5.74, 6) is 0.970. The molecule has 0 N–H and O–H groups in total. The van der Waals surface area contributed by atoms with Crippen LogP contribution in [0.3, 0.4) is 0 Å². The van der Waals surface area contributed by atoms with E-state index in [4.69, 9.17) is 37.9 Å². The lowest BCUT2D eigenvalue weighted by atomic mass is 9.77. The summed E-state index contributed by atoms with van der Waals surface area (Å²) in [6, 6.07) is 1.84. The Kier molecular flexibility index (Phi) is 6.28. The fourth-order valence-corrected chi connectivity index (χ4v) is 5.77. The van der Waals surface area contributed by atoms with Crippen LogP contribution >= 0.6 is 46.7 Å². The minimum absolute atomic E-state index is 0.300. The molecular weight excluding hydrogens is 435 g/mol. The lowest BCUT2D eigenvalue weighted by Crippen LogP contribution is -2.41. The van der Waals surface area contributed by atoms with Crippen molar-refractivity contribution in [2.75, 3.05) is 30.9 Å². The van der Waals surface area contributed by atoms with Crippen molar-refractivity contribution in [3.63, 3.8) is 0 Å². The van der Waals surface area contributed by atoms with E-state index in [0.29, 0.717) is 21.7 Å². The second kappa shape index (κ2) is 8.56. The Hall–Kier alpha value is -0.730. The number of anilines is 1. The van der Waals surface area contributed by atoms with E-state index < -0.39 is 0 Å². The van der Waals surface area contributed by atoms with Crippen LogP contribution in [-0.2, 0) is 4.74 Å². The number of rotatable bonds is 4. The molecule has 2 aliphatic rings. The number of pyridine rings is 1. The number of aromatic nitrogens is 3. The van der Waals surface area contributed by atoms with Crippen LogP contribution in [0.2, 0.25) is 10.2 Å². The fraction of sp³-hybridized carbons (Fsp3) is 0.526. The van der Waals surface area contributed by atoms with Crippen molar-refractivity contribution in [1.82, 2.24) is 15.0 Å². The number of halogens is 2. The Morgan fingerprint density at radius 3 is 2.71 bits per heavy atom. The Morgan fingerprint density at radius 1 is 1.25 bits per heavy atom. The summed E-state index contributed by atoms with van der Waals surface area (Å²) in [6.07, 6.45) is 9.35. The molecule has 0 bridgehead atoms. The summed E-state index contributed by atoms with van der Waals surface area (Å²) in [4.78, 5) is 16.7. The van der Waals surface area contributed by atoms with Crippen LogP contribution in [0.4, 0.5) is 5.82 Å². The molecule has 0 aliphatic carbocycles. The Bertz CT molecular complexity index is 862. The van der Waals surface area contributed by atoms with E-state index >= 15 is 0 Å². The van der Waals surface area contributed by atoms with E-state index in [1.165, 1.54) is 18.2 Å². The number of hydrogen-bond donors (Lipinski definition) is 0. The zero-order valence-electron chi connectivity index (χ0n) is 15.8. The predicted octanol–water partition coefficient (Wildman–Crippen LogP) is 5.45. The maximum Gasteiger partial charge on any atom is 0.161 e. The zero-order valence-corrected chi connectivity index (χ0v) is 19.0. The zero-order chi connectivity index (χ0) is 19.7. The normalized spacial score (nSPS) is 21.4. The Labute approximate surface area is 184 Å². The molecule has 2 fully saturated rings. The molecular formula is C19H22Cl2N4OS2. The summed E-state index contributed by atoms with van der Waals surface area (Å²) in [5.41, 5.74) is 0.357. The second-order valence-electron chi connectivity index (χ2n) is 7.37. The summed E-state index contributed by atoms with van der Waals surface area (Å²) < 4.78 is 5.84. The minimum atomic E-state index is 0.300. The first kappa shape index (κ1) is 20.5. The van der Waals surface area contributed by atoms with Gasteiger partial charge in [-0.15, -0.1) is 11.8 Å². The predicted molar refractivity (Wildman–Crippen MR) is 116 cm³/mol. The van der Waals surface area contributed by atoms with Gasteiger partial charge >= 0.3 is 0 Å². The average molecular weight is 457 g/mol. The van der Waals surface area contributed by atoms with Gasteiger partial charge in [0.1, 0.15) is 15.2 Å². The number of piperidine rings is 1. The largest absolute Gasteiger partial charge is 0.378 e. The van der Waals surface area contributed by atoms with Crippen molar-refractivity contribution in [1.29, 1.82) is 0 Å². The molecule has 2 aromatic heterocycles. The van der Waals surface area contributed by atoms with Gasteiger partial charge in [0.15, 0.2) is 5.82 Å². The number of hydrogen-bond acceptors (Lipinski definition) is 7. The van der Waals surface area contributed by atoms with Crippen LogP contribution in [0.25, 0.3) is 0 Å². The van der Waals surface area contributed by atoms with Gasteiger partial charge in [0.2, 0.25) is 0 Å². The van der Waals surface area contributed by atoms with E-state index in [1.54, 1.807) is 18.0 Å². The van der Waals surface area contributed by atoms with Gasteiger partial charge in [0, 0.05) is 24.2 Å². The van der Waals surface area contributed by atoms with Gasteiger partial charge in [-0.2, -0.15) is 0 Å². The van der Waals surface area contributed by atoms with Gasteiger partial charge < -0.3 is 9.64 Å². The van der Waals surface area contributed by atoms with Crippen LogP contribution in [0, 0.1) is 5.41 Å². The second-order valence-corrected chi connectivity index (χ2v) is 9.96. The maximum atomic E-state index is 6.25. The molecule has 4 heterocycles. The third kappa shape index (κ3) is 4.24. The van der Waals surface area contributed by atoms with Crippen LogP contribution < -0.4 is 4.90 Å². The molecule has 0 saturated carbocycles. The smallest absolute Gasteiger partial charge is 0.161 e. The summed E-state index contributed by atoms with van der Waals surface area (Å²) in [7, 11) is 0. The van der Waals surface area contributed by atoms with Crippen molar-refractivity contribution in [3.05, 3.63) is 28.6 Å². The topological polar surface area (TPSA) is 51.1 Å². The third-order valence-corrected chi connectivity index (χ3v) is 7.94. The third-order valence-electron chi connectivity index (χ3n) is 5.44. The molecule has 0 amide bonds. The molecule has 0 unspecified atom stereocenters. The van der Waals surface area contributed by atoms with Gasteiger partial charge in [-0.05, 0) is 43.9 Å². The first-order valence-corrected chi connectivity index (χ1v) is 12.0. The van der Waals surface area contributed by atoms with Gasteiger partial charge in [-0.3, -0.25) is 0 Å². The van der Waals surface area contributed by atoms with Crippen LogP contribution in [0.5, 0.6) is 0 Å². The number of ether oxygens (including phenoxy) is 1. The molecule has 4 rings (SSSR count). The summed E-state index contributed by atoms with van der Waals surface area (Å²) in [5, 5.41) is 2.48. The molecule has 0 aromatic carbocycles. The monoisotopic (exact) mass is 456 g/mol. The summed E-state index contributed by atoms with van der Waals surface area (Å²) in [6.45, 7) is 5.07. The average Bonchev–Trinajstić information content (AvgIpc) is 3.06. The fourth-order valence-electron chi connectivity index (χ4n) is 3.93. The summed E-state index contributed by atoms with van der Waals surface area (Å²) >= 11 is 15.3. The number of nitrogens with zero attached hydrogens (tertiary/aromatic N) is 4. The Morgan fingerprint density at radius 2 is 2.04 bits per heavy atom. The van der Waals surface area contributed by atoms with Crippen molar-refractivity contribution >= 4 is 52.5 Å². The maximum absolute atomic E-state index is 6.25. The van der Waals surface area contributed by atoms with Crippen LogP contribution in [0.1, 0.15) is 26.2 Å². The molecule has 2 saturated heterocycles. The van der Waals surface area contributed by atoms with Crippen molar-refractivity contribution in [3.8, 4) is 0 Å². The molecule has 28 heavy (non-hydrogen) atoms. The van der Waals surface area contributed by atoms with Gasteiger partial charge in [-0.1, -0.05) is 35.0 Å². The van der Waals surface area contributed by atoms with Crippen molar-refractivity contribution < 1.29 is 4.74 Å². The highest BCUT2D eigenvalue weighted by Crippen LogP contribution is 2.43. The first-order chi connectivity index (χ1) is 13.5. The minimum Gasteiger partial charge on any atom is -0.378 e.